The van der Waals surface area contributed by atoms with Gasteiger partial charge in [-0.3, -0.25) is 9.48 Å². The number of methoxy groups -OCH3 is 2. The van der Waals surface area contributed by atoms with E-state index in [1.807, 2.05) is 19.9 Å². The summed E-state index contributed by atoms with van der Waals surface area (Å²) in [4.78, 5) is 12.8. The molecule has 0 amide bonds. The molecule has 0 unspecified atom stereocenters. The Labute approximate surface area is 124 Å². The Bertz CT molecular complexity index is 647. The maximum atomic E-state index is 12.8. The minimum Gasteiger partial charge on any atom is -0.497 e. The molecule has 0 N–H and O–H groups in total. The molecule has 0 atom stereocenters. The van der Waals surface area contributed by atoms with Gasteiger partial charge in [-0.25, -0.2) is 0 Å². The zero-order chi connectivity index (χ0) is 15.4. The van der Waals surface area contributed by atoms with E-state index in [4.69, 9.17) is 9.47 Å². The van der Waals surface area contributed by atoms with Gasteiger partial charge in [0.1, 0.15) is 17.2 Å². The molecule has 0 spiro atoms. The van der Waals surface area contributed by atoms with Crippen LogP contribution >= 0.6 is 0 Å². The van der Waals surface area contributed by atoms with Crippen LogP contribution in [0.3, 0.4) is 0 Å². The number of hydrogen-bond acceptors (Lipinski definition) is 4. The Morgan fingerprint density at radius 2 is 1.95 bits per heavy atom. The second kappa shape index (κ2) is 6.43. The summed E-state index contributed by atoms with van der Waals surface area (Å²) < 4.78 is 12.2. The third-order valence-electron chi connectivity index (χ3n) is 3.38. The number of aromatic nitrogens is 2. The van der Waals surface area contributed by atoms with Gasteiger partial charge in [0, 0.05) is 6.54 Å². The first kappa shape index (κ1) is 15.1. The largest absolute Gasteiger partial charge is 0.497 e. The Hall–Kier alpha value is -2.30. The first-order valence-electron chi connectivity index (χ1n) is 6.98. The lowest BCUT2D eigenvalue weighted by Crippen LogP contribution is -2.11. The summed E-state index contributed by atoms with van der Waals surface area (Å²) >= 11 is 0. The van der Waals surface area contributed by atoms with Crippen molar-refractivity contribution in [3.63, 3.8) is 0 Å². The van der Waals surface area contributed by atoms with E-state index < -0.39 is 0 Å². The van der Waals surface area contributed by atoms with Gasteiger partial charge < -0.3 is 9.47 Å². The minimum absolute atomic E-state index is 0.111. The first-order valence-corrected chi connectivity index (χ1v) is 6.98. The number of carbonyl (C=O) groups is 1. The summed E-state index contributed by atoms with van der Waals surface area (Å²) in [7, 11) is 3.12. The molecule has 0 saturated heterocycles. The van der Waals surface area contributed by atoms with Crippen LogP contribution in [-0.2, 0) is 13.0 Å². The molecule has 2 rings (SSSR count). The van der Waals surface area contributed by atoms with Crippen LogP contribution in [0.1, 0.15) is 35.6 Å². The van der Waals surface area contributed by atoms with Crippen molar-refractivity contribution in [3.05, 3.63) is 41.2 Å². The molecular weight excluding hydrogens is 268 g/mol. The molecule has 21 heavy (non-hydrogen) atoms. The second-order valence-electron chi connectivity index (χ2n) is 4.59. The number of aryl methyl sites for hydroxylation is 2. The highest BCUT2D eigenvalue weighted by Gasteiger charge is 2.20. The summed E-state index contributed by atoms with van der Waals surface area (Å²) in [5.74, 6) is 1.04. The molecule has 2 aromatic rings. The number of benzene rings is 1. The van der Waals surface area contributed by atoms with E-state index in [9.17, 15) is 4.79 Å². The van der Waals surface area contributed by atoms with Gasteiger partial charge in [-0.05, 0) is 37.6 Å². The topological polar surface area (TPSA) is 53.4 Å². The van der Waals surface area contributed by atoms with Crippen molar-refractivity contribution in [1.82, 2.24) is 9.78 Å². The molecule has 5 nitrogen and oxygen atoms in total. The van der Waals surface area contributed by atoms with Gasteiger partial charge in [0.25, 0.3) is 0 Å². The molecule has 1 aromatic carbocycles. The summed E-state index contributed by atoms with van der Waals surface area (Å²) in [5.41, 5.74) is 1.96. The van der Waals surface area contributed by atoms with Crippen molar-refractivity contribution in [3.8, 4) is 11.5 Å². The summed E-state index contributed by atoms with van der Waals surface area (Å²) in [6.45, 7) is 4.63. The van der Waals surface area contributed by atoms with Gasteiger partial charge in [-0.2, -0.15) is 5.10 Å². The number of nitrogens with zero attached hydrogens (tertiary/aromatic N) is 2. The average Bonchev–Trinajstić information content (AvgIpc) is 2.96. The highest BCUT2D eigenvalue weighted by atomic mass is 16.5. The molecular formula is C16H20N2O3. The lowest BCUT2D eigenvalue weighted by Gasteiger charge is -2.10. The fraction of sp³-hybridized carbons (Fsp3) is 0.375. The lowest BCUT2D eigenvalue weighted by atomic mass is 10.1. The lowest BCUT2D eigenvalue weighted by molar-refractivity contribution is 0.102. The predicted molar refractivity (Wildman–Crippen MR) is 80.3 cm³/mol. The molecule has 0 aliphatic carbocycles. The van der Waals surface area contributed by atoms with Crippen LogP contribution in [0, 0.1) is 0 Å². The van der Waals surface area contributed by atoms with Crippen molar-refractivity contribution in [2.45, 2.75) is 26.8 Å². The predicted octanol–water partition coefficient (Wildman–Crippen LogP) is 2.71. The van der Waals surface area contributed by atoms with E-state index in [1.54, 1.807) is 37.1 Å². The number of hydrogen-bond donors (Lipinski definition) is 0. The molecule has 0 aliphatic rings. The van der Waals surface area contributed by atoms with Crippen molar-refractivity contribution in [2.75, 3.05) is 14.2 Å². The molecule has 0 saturated carbocycles. The van der Waals surface area contributed by atoms with Crippen LogP contribution in [0.2, 0.25) is 0 Å². The Kier molecular flexibility index (Phi) is 4.62. The van der Waals surface area contributed by atoms with E-state index in [2.05, 4.69) is 5.10 Å². The van der Waals surface area contributed by atoms with Crippen LogP contribution < -0.4 is 9.47 Å². The zero-order valence-electron chi connectivity index (χ0n) is 12.8. The van der Waals surface area contributed by atoms with Gasteiger partial charge in [-0.1, -0.05) is 6.92 Å². The highest BCUT2D eigenvalue weighted by Crippen LogP contribution is 2.26. The fourth-order valence-corrected chi connectivity index (χ4v) is 2.20. The van der Waals surface area contributed by atoms with Crippen LogP contribution in [0.4, 0.5) is 0 Å². The summed E-state index contributed by atoms with van der Waals surface area (Å²) in [6, 6.07) is 7.04. The smallest absolute Gasteiger partial charge is 0.214 e. The number of ether oxygens (including phenoxy) is 2. The van der Waals surface area contributed by atoms with E-state index in [0.717, 1.165) is 12.1 Å². The molecule has 5 heteroatoms. The maximum absolute atomic E-state index is 12.8. The molecule has 0 fully saturated rings. The van der Waals surface area contributed by atoms with Crippen LogP contribution in [0.15, 0.2) is 24.3 Å². The van der Waals surface area contributed by atoms with Gasteiger partial charge in [0.05, 0.1) is 25.5 Å². The van der Waals surface area contributed by atoms with Crippen LogP contribution in [-0.4, -0.2) is 29.8 Å². The van der Waals surface area contributed by atoms with Gasteiger partial charge in [0.2, 0.25) is 5.78 Å². The Morgan fingerprint density at radius 1 is 1.19 bits per heavy atom. The van der Waals surface area contributed by atoms with Crippen molar-refractivity contribution in [1.29, 1.82) is 0 Å². The van der Waals surface area contributed by atoms with E-state index in [1.165, 1.54) is 0 Å². The Morgan fingerprint density at radius 3 is 2.52 bits per heavy atom. The fourth-order valence-electron chi connectivity index (χ4n) is 2.20. The summed E-state index contributed by atoms with van der Waals surface area (Å²) in [6.07, 6.45) is 0.794. The van der Waals surface area contributed by atoms with E-state index in [0.29, 0.717) is 29.3 Å². The van der Waals surface area contributed by atoms with E-state index >= 15 is 0 Å². The second-order valence-corrected chi connectivity index (χ2v) is 4.59. The third kappa shape index (κ3) is 2.91. The molecule has 0 bridgehead atoms. The molecule has 0 radical (unpaired) electrons. The van der Waals surface area contributed by atoms with Crippen molar-refractivity contribution in [2.24, 2.45) is 0 Å². The summed E-state index contributed by atoms with van der Waals surface area (Å²) in [5, 5.41) is 4.42. The van der Waals surface area contributed by atoms with Crippen LogP contribution in [0.25, 0.3) is 0 Å². The van der Waals surface area contributed by atoms with Crippen LogP contribution in [0.5, 0.6) is 11.5 Å². The van der Waals surface area contributed by atoms with Gasteiger partial charge in [-0.15, -0.1) is 0 Å². The quantitative estimate of drug-likeness (QED) is 0.767. The SMILES string of the molecule is CCc1cc(C(=O)c2cc(OC)ccc2OC)n(CC)n1. The van der Waals surface area contributed by atoms with Gasteiger partial charge in [0.15, 0.2) is 0 Å². The molecule has 1 heterocycles. The van der Waals surface area contributed by atoms with Crippen molar-refractivity contribution < 1.29 is 14.3 Å². The normalized spacial score (nSPS) is 10.5. The molecule has 0 aliphatic heterocycles. The minimum atomic E-state index is -0.111. The van der Waals surface area contributed by atoms with Crippen molar-refractivity contribution >= 4 is 5.78 Å². The highest BCUT2D eigenvalue weighted by molar-refractivity contribution is 6.10. The first-order chi connectivity index (χ1) is 10.1. The number of ketones is 1. The average molecular weight is 288 g/mol. The third-order valence-corrected chi connectivity index (χ3v) is 3.38. The maximum Gasteiger partial charge on any atom is 0.214 e. The monoisotopic (exact) mass is 288 g/mol. The van der Waals surface area contributed by atoms with Gasteiger partial charge >= 0.3 is 0 Å². The number of carbonyl (C=O) groups excluding carboxylic acids is 1. The van der Waals surface area contributed by atoms with E-state index in [-0.39, 0.29) is 5.78 Å². The standard InChI is InChI=1S/C16H20N2O3/c1-5-11-9-14(18(6-2)17-11)16(19)13-10-12(20-3)7-8-15(13)21-4/h7-10H,5-6H2,1-4H3. The number of rotatable bonds is 6. The molecule has 112 valence electrons. The zero-order valence-corrected chi connectivity index (χ0v) is 12.8. The Balaban J connectivity index is 2.50. The molecule has 1 aromatic heterocycles.